The fourth-order valence-electron chi connectivity index (χ4n) is 2.26. The first-order valence-corrected chi connectivity index (χ1v) is 9.25. The third-order valence-corrected chi connectivity index (χ3v) is 5.00. The molecule has 0 fully saturated rings. The summed E-state index contributed by atoms with van der Waals surface area (Å²) in [4.78, 5) is 2.05. The molecule has 1 aliphatic rings. The first-order chi connectivity index (χ1) is 10.4. The fourth-order valence-corrected chi connectivity index (χ4v) is 3.92. The van der Waals surface area contributed by atoms with Crippen LogP contribution in [0.5, 0.6) is 0 Å². The number of rotatable bonds is 4. The van der Waals surface area contributed by atoms with E-state index in [1.165, 1.54) is 0 Å². The number of nitrogens with zero attached hydrogens (tertiary/aromatic N) is 2. The summed E-state index contributed by atoms with van der Waals surface area (Å²) < 4.78 is 25.2. The molecule has 0 aliphatic heterocycles. The molecule has 0 aromatic carbocycles. The van der Waals surface area contributed by atoms with Crippen molar-refractivity contribution in [3.63, 3.8) is 0 Å². The van der Waals surface area contributed by atoms with Crippen LogP contribution in [-0.2, 0) is 10.0 Å². The van der Waals surface area contributed by atoms with Crippen molar-refractivity contribution in [3.05, 3.63) is 40.9 Å². The average molecular weight is 337 g/mol. The quantitative estimate of drug-likeness (QED) is 0.784. The van der Waals surface area contributed by atoms with Crippen molar-refractivity contribution in [1.82, 2.24) is 20.1 Å². The molecule has 2 heterocycles. The van der Waals surface area contributed by atoms with Crippen molar-refractivity contribution in [2.75, 3.05) is 12.0 Å². The van der Waals surface area contributed by atoms with Crippen molar-refractivity contribution in [1.29, 1.82) is 0 Å². The van der Waals surface area contributed by atoms with Crippen molar-refractivity contribution in [3.8, 4) is 10.6 Å². The largest absolute Gasteiger partial charge is 0.380 e. The van der Waals surface area contributed by atoms with E-state index in [1.54, 1.807) is 17.4 Å². The summed E-state index contributed by atoms with van der Waals surface area (Å²) >= 11 is 1.57. The van der Waals surface area contributed by atoms with Crippen LogP contribution in [-0.4, -0.2) is 30.1 Å². The molecule has 0 radical (unpaired) electrons. The van der Waals surface area contributed by atoms with Crippen LogP contribution in [0.1, 0.15) is 17.2 Å². The van der Waals surface area contributed by atoms with E-state index < -0.39 is 10.0 Å². The normalized spacial score (nSPS) is 18.2. The SMILES string of the molecule is CS(=O)(=O)NC1=CC(c2ccc(-c3n[nH]nc3N)s2)CC=C1. The average Bonchev–Trinajstić information content (AvgIpc) is 3.05. The Balaban J connectivity index is 1.85. The second kappa shape index (κ2) is 5.58. The van der Waals surface area contributed by atoms with Crippen LogP contribution in [0.15, 0.2) is 36.1 Å². The number of nitrogen functional groups attached to an aromatic ring is 1. The predicted molar refractivity (Wildman–Crippen MR) is 86.7 cm³/mol. The highest BCUT2D eigenvalue weighted by Crippen LogP contribution is 2.36. The monoisotopic (exact) mass is 337 g/mol. The minimum Gasteiger partial charge on any atom is -0.380 e. The number of nitrogens with two attached hydrogens (primary N) is 1. The first kappa shape index (κ1) is 14.8. The van der Waals surface area contributed by atoms with Crippen LogP contribution in [0.25, 0.3) is 10.6 Å². The maximum Gasteiger partial charge on any atom is 0.229 e. The fraction of sp³-hybridized carbons (Fsp3) is 0.231. The molecule has 116 valence electrons. The smallest absolute Gasteiger partial charge is 0.229 e. The van der Waals surface area contributed by atoms with Gasteiger partial charge in [-0.25, -0.2) is 8.42 Å². The molecule has 0 saturated heterocycles. The van der Waals surface area contributed by atoms with Crippen LogP contribution in [0, 0.1) is 0 Å². The van der Waals surface area contributed by atoms with Crippen LogP contribution < -0.4 is 10.5 Å². The summed E-state index contributed by atoms with van der Waals surface area (Å²) in [6.45, 7) is 0. The maximum atomic E-state index is 11.3. The van der Waals surface area contributed by atoms with Gasteiger partial charge in [0.1, 0.15) is 5.69 Å². The van der Waals surface area contributed by atoms with E-state index in [4.69, 9.17) is 5.73 Å². The van der Waals surface area contributed by atoms with Crippen LogP contribution >= 0.6 is 11.3 Å². The number of aromatic nitrogens is 3. The third-order valence-electron chi connectivity index (χ3n) is 3.17. The van der Waals surface area contributed by atoms with Crippen molar-refractivity contribution in [2.24, 2.45) is 0 Å². The van der Waals surface area contributed by atoms with Gasteiger partial charge in [0.25, 0.3) is 0 Å². The van der Waals surface area contributed by atoms with E-state index in [-0.39, 0.29) is 5.92 Å². The molecule has 0 saturated carbocycles. The maximum absolute atomic E-state index is 11.3. The highest BCUT2D eigenvalue weighted by Gasteiger charge is 2.17. The lowest BCUT2D eigenvalue weighted by Crippen LogP contribution is -2.21. The Bertz CT molecular complexity index is 847. The van der Waals surface area contributed by atoms with Gasteiger partial charge >= 0.3 is 0 Å². The number of H-pyrrole nitrogens is 1. The Morgan fingerprint density at radius 2 is 2.23 bits per heavy atom. The molecule has 4 N–H and O–H groups in total. The van der Waals surface area contributed by atoms with Gasteiger partial charge in [0.05, 0.1) is 11.1 Å². The van der Waals surface area contributed by atoms with Crippen molar-refractivity contribution < 1.29 is 8.42 Å². The van der Waals surface area contributed by atoms with E-state index in [2.05, 4.69) is 20.1 Å². The van der Waals surface area contributed by atoms with E-state index in [0.29, 0.717) is 17.2 Å². The zero-order valence-corrected chi connectivity index (χ0v) is 13.4. The molecule has 1 atom stereocenters. The van der Waals surface area contributed by atoms with Gasteiger partial charge in [-0.05, 0) is 24.6 Å². The lowest BCUT2D eigenvalue weighted by molar-refractivity contribution is 0.595. The lowest BCUT2D eigenvalue weighted by Gasteiger charge is -2.15. The van der Waals surface area contributed by atoms with Crippen LogP contribution in [0.4, 0.5) is 5.82 Å². The standard InChI is InChI=1S/C13H15N5O2S2/c1-22(19,20)17-9-4-2-3-8(7-9)10-5-6-11(21-10)12-13(14)16-18-15-12/h2,4-8,17H,3H2,1H3,(H3,14,15,16,18). The number of hydrogen-bond donors (Lipinski definition) is 3. The minimum absolute atomic E-state index is 0.126. The molecular weight excluding hydrogens is 322 g/mol. The Hall–Kier alpha value is -2.13. The Morgan fingerprint density at radius 3 is 2.91 bits per heavy atom. The molecule has 2 aromatic rings. The molecule has 0 bridgehead atoms. The van der Waals surface area contributed by atoms with E-state index in [9.17, 15) is 8.42 Å². The summed E-state index contributed by atoms with van der Waals surface area (Å²) in [6.07, 6.45) is 7.62. The number of aromatic amines is 1. The van der Waals surface area contributed by atoms with Gasteiger partial charge in [0, 0.05) is 16.5 Å². The Labute approximate surface area is 132 Å². The number of hydrogen-bond acceptors (Lipinski definition) is 6. The highest BCUT2D eigenvalue weighted by molar-refractivity contribution is 7.88. The Morgan fingerprint density at radius 1 is 1.41 bits per heavy atom. The highest BCUT2D eigenvalue weighted by atomic mass is 32.2. The molecule has 9 heteroatoms. The lowest BCUT2D eigenvalue weighted by atomic mass is 9.98. The molecular formula is C13H15N5O2S2. The Kier molecular flexibility index (Phi) is 3.75. The third kappa shape index (κ3) is 3.20. The second-order valence-electron chi connectivity index (χ2n) is 5.00. The zero-order valence-electron chi connectivity index (χ0n) is 11.8. The number of allylic oxidation sites excluding steroid dienone is 3. The number of thiophene rings is 1. The number of sulfonamides is 1. The van der Waals surface area contributed by atoms with Gasteiger partial charge in [0.2, 0.25) is 10.0 Å². The molecule has 0 spiro atoms. The predicted octanol–water partition coefficient (Wildman–Crippen LogP) is 1.59. The topological polar surface area (TPSA) is 114 Å². The summed E-state index contributed by atoms with van der Waals surface area (Å²) in [7, 11) is -3.27. The molecule has 2 aromatic heterocycles. The molecule has 22 heavy (non-hydrogen) atoms. The summed E-state index contributed by atoms with van der Waals surface area (Å²) in [6, 6.07) is 3.95. The van der Waals surface area contributed by atoms with Gasteiger partial charge in [-0.1, -0.05) is 12.2 Å². The second-order valence-corrected chi connectivity index (χ2v) is 7.86. The van der Waals surface area contributed by atoms with Crippen molar-refractivity contribution in [2.45, 2.75) is 12.3 Å². The molecule has 0 amide bonds. The number of nitrogens with one attached hydrogen (secondary N) is 2. The van der Waals surface area contributed by atoms with Crippen LogP contribution in [0.3, 0.4) is 0 Å². The summed E-state index contributed by atoms with van der Waals surface area (Å²) in [5.41, 5.74) is 6.99. The van der Waals surface area contributed by atoms with Gasteiger partial charge in [0.15, 0.2) is 5.82 Å². The summed E-state index contributed by atoms with van der Waals surface area (Å²) in [5, 5.41) is 10.4. The zero-order chi connectivity index (χ0) is 15.7. The van der Waals surface area contributed by atoms with Crippen LogP contribution in [0.2, 0.25) is 0 Å². The van der Waals surface area contributed by atoms with Crippen molar-refractivity contribution >= 4 is 27.2 Å². The van der Waals surface area contributed by atoms with E-state index in [1.807, 2.05) is 24.3 Å². The summed E-state index contributed by atoms with van der Waals surface area (Å²) in [5.74, 6) is 0.494. The minimum atomic E-state index is -3.27. The van der Waals surface area contributed by atoms with Gasteiger partial charge in [-0.3, -0.25) is 4.72 Å². The van der Waals surface area contributed by atoms with E-state index >= 15 is 0 Å². The van der Waals surface area contributed by atoms with Gasteiger partial charge in [-0.15, -0.1) is 16.4 Å². The molecule has 3 rings (SSSR count). The molecule has 1 unspecified atom stereocenters. The van der Waals surface area contributed by atoms with Gasteiger partial charge in [-0.2, -0.15) is 10.3 Å². The van der Waals surface area contributed by atoms with E-state index in [0.717, 1.165) is 22.4 Å². The first-order valence-electron chi connectivity index (χ1n) is 6.55. The number of anilines is 1. The van der Waals surface area contributed by atoms with Gasteiger partial charge < -0.3 is 5.73 Å². The molecule has 1 aliphatic carbocycles. The molecule has 7 nitrogen and oxygen atoms in total.